The number of nitrogens with zero attached hydrogens (tertiary/aromatic N) is 2. The van der Waals surface area contributed by atoms with Gasteiger partial charge < -0.3 is 15.4 Å². The van der Waals surface area contributed by atoms with Crippen LogP contribution in [-0.4, -0.2) is 64.9 Å². The number of sulfonamides is 1. The van der Waals surface area contributed by atoms with Crippen LogP contribution in [0.2, 0.25) is 0 Å². The standard InChI is InChI=1S/C11H24N4O3S/c1-15(2)11(12)13-6-8-19(16,17)14-9-10-5-3-4-7-18-10/h10,14H,3-9H2,1-2H3,(H2,12,13). The first kappa shape index (κ1) is 16.2. The summed E-state index contributed by atoms with van der Waals surface area (Å²) in [6.07, 6.45) is 3.06. The smallest absolute Gasteiger partial charge is 0.213 e. The minimum Gasteiger partial charge on any atom is -0.377 e. The summed E-state index contributed by atoms with van der Waals surface area (Å²) >= 11 is 0. The molecule has 112 valence electrons. The van der Waals surface area contributed by atoms with Crippen LogP contribution in [0.3, 0.4) is 0 Å². The second kappa shape index (κ2) is 7.66. The summed E-state index contributed by atoms with van der Waals surface area (Å²) in [7, 11) is 0.198. The Morgan fingerprint density at radius 2 is 2.21 bits per heavy atom. The molecule has 1 atom stereocenters. The number of nitrogens with one attached hydrogen (secondary N) is 1. The highest BCUT2D eigenvalue weighted by Crippen LogP contribution is 2.11. The zero-order valence-electron chi connectivity index (χ0n) is 11.6. The second-order valence-corrected chi connectivity index (χ2v) is 6.72. The molecule has 0 aromatic carbocycles. The molecule has 0 amide bonds. The molecule has 0 bridgehead atoms. The average molecular weight is 292 g/mol. The first-order valence-corrected chi connectivity index (χ1v) is 8.12. The molecule has 0 aromatic rings. The summed E-state index contributed by atoms with van der Waals surface area (Å²) in [5.41, 5.74) is 5.58. The third-order valence-electron chi connectivity index (χ3n) is 2.90. The highest BCUT2D eigenvalue weighted by Gasteiger charge is 2.17. The Labute approximate surface area is 115 Å². The predicted molar refractivity (Wildman–Crippen MR) is 75.6 cm³/mol. The van der Waals surface area contributed by atoms with Crippen LogP contribution in [0.4, 0.5) is 0 Å². The minimum absolute atomic E-state index is 0.00105. The van der Waals surface area contributed by atoms with Crippen molar-refractivity contribution in [2.24, 2.45) is 10.7 Å². The van der Waals surface area contributed by atoms with Gasteiger partial charge in [0.15, 0.2) is 5.96 Å². The van der Waals surface area contributed by atoms with Crippen molar-refractivity contribution in [1.82, 2.24) is 9.62 Å². The molecule has 1 rings (SSSR count). The summed E-state index contributed by atoms with van der Waals surface area (Å²) in [5.74, 6) is 0.264. The normalized spacial score (nSPS) is 21.4. The highest BCUT2D eigenvalue weighted by atomic mass is 32.2. The number of aliphatic imine (C=N–C) groups is 1. The van der Waals surface area contributed by atoms with Crippen LogP contribution in [0.5, 0.6) is 0 Å². The molecular formula is C11H24N4O3S. The van der Waals surface area contributed by atoms with Gasteiger partial charge in [0.25, 0.3) is 0 Å². The van der Waals surface area contributed by atoms with Gasteiger partial charge in [-0.1, -0.05) is 0 Å². The van der Waals surface area contributed by atoms with E-state index in [0.29, 0.717) is 12.5 Å². The molecule has 0 aromatic heterocycles. The van der Waals surface area contributed by atoms with Gasteiger partial charge in [-0.05, 0) is 19.3 Å². The second-order valence-electron chi connectivity index (χ2n) is 4.79. The number of guanidine groups is 1. The van der Waals surface area contributed by atoms with Gasteiger partial charge >= 0.3 is 0 Å². The zero-order chi connectivity index (χ0) is 14.3. The van der Waals surface area contributed by atoms with Crippen LogP contribution in [-0.2, 0) is 14.8 Å². The third kappa shape index (κ3) is 6.74. The van der Waals surface area contributed by atoms with Crippen molar-refractivity contribution < 1.29 is 13.2 Å². The van der Waals surface area contributed by atoms with Crippen molar-refractivity contribution in [2.45, 2.75) is 25.4 Å². The van der Waals surface area contributed by atoms with Gasteiger partial charge in [-0.25, -0.2) is 13.1 Å². The van der Waals surface area contributed by atoms with E-state index in [9.17, 15) is 8.42 Å². The molecule has 19 heavy (non-hydrogen) atoms. The van der Waals surface area contributed by atoms with Gasteiger partial charge in [0.05, 0.1) is 18.4 Å². The van der Waals surface area contributed by atoms with Crippen molar-refractivity contribution in [1.29, 1.82) is 0 Å². The number of ether oxygens (including phenoxy) is 1. The number of rotatable bonds is 6. The lowest BCUT2D eigenvalue weighted by Crippen LogP contribution is -2.37. The molecule has 7 nitrogen and oxygen atoms in total. The lowest BCUT2D eigenvalue weighted by atomic mass is 10.1. The monoisotopic (exact) mass is 292 g/mol. The van der Waals surface area contributed by atoms with E-state index in [1.54, 1.807) is 19.0 Å². The largest absolute Gasteiger partial charge is 0.377 e. The SMILES string of the molecule is CN(C)C(N)=NCCS(=O)(=O)NCC1CCCCO1. The highest BCUT2D eigenvalue weighted by molar-refractivity contribution is 7.89. The third-order valence-corrected chi connectivity index (χ3v) is 4.22. The maximum absolute atomic E-state index is 11.7. The van der Waals surface area contributed by atoms with E-state index in [1.165, 1.54) is 0 Å². The Morgan fingerprint density at radius 1 is 1.47 bits per heavy atom. The van der Waals surface area contributed by atoms with E-state index < -0.39 is 10.0 Å². The fourth-order valence-electron chi connectivity index (χ4n) is 1.68. The maximum atomic E-state index is 11.7. The van der Waals surface area contributed by atoms with Gasteiger partial charge in [0, 0.05) is 27.2 Å². The van der Waals surface area contributed by atoms with Crippen molar-refractivity contribution in [3.63, 3.8) is 0 Å². The van der Waals surface area contributed by atoms with Crippen LogP contribution < -0.4 is 10.5 Å². The lowest BCUT2D eigenvalue weighted by molar-refractivity contribution is 0.0200. The van der Waals surface area contributed by atoms with E-state index >= 15 is 0 Å². The van der Waals surface area contributed by atoms with E-state index in [1.807, 2.05) is 0 Å². The topological polar surface area (TPSA) is 97.0 Å². The average Bonchev–Trinajstić information content (AvgIpc) is 2.37. The fourth-order valence-corrected chi connectivity index (χ4v) is 2.60. The molecule has 8 heteroatoms. The van der Waals surface area contributed by atoms with E-state index in [4.69, 9.17) is 10.5 Å². The Hall–Kier alpha value is -0.860. The van der Waals surface area contributed by atoms with Crippen molar-refractivity contribution >= 4 is 16.0 Å². The molecule has 0 aliphatic carbocycles. The van der Waals surface area contributed by atoms with E-state index in [2.05, 4.69) is 9.71 Å². The fraction of sp³-hybridized carbons (Fsp3) is 0.909. The molecule has 0 radical (unpaired) electrons. The lowest BCUT2D eigenvalue weighted by Gasteiger charge is -2.22. The summed E-state index contributed by atoms with van der Waals surface area (Å²) < 4.78 is 31.5. The first-order valence-electron chi connectivity index (χ1n) is 6.47. The Morgan fingerprint density at radius 3 is 2.79 bits per heavy atom. The summed E-state index contributed by atoms with van der Waals surface area (Å²) in [6.45, 7) is 1.22. The van der Waals surface area contributed by atoms with Gasteiger partial charge in [-0.3, -0.25) is 4.99 Å². The Balaban J connectivity index is 2.29. The quantitative estimate of drug-likeness (QED) is 0.501. The molecule has 1 fully saturated rings. The summed E-state index contributed by atoms with van der Waals surface area (Å²) in [4.78, 5) is 5.61. The number of hydrogen-bond acceptors (Lipinski definition) is 4. The van der Waals surface area contributed by atoms with Gasteiger partial charge in [-0.2, -0.15) is 0 Å². The Bertz CT molecular complexity index is 389. The summed E-state index contributed by atoms with van der Waals surface area (Å²) in [5, 5.41) is 0. The molecule has 1 unspecified atom stereocenters. The van der Waals surface area contributed by atoms with Crippen LogP contribution in [0, 0.1) is 0 Å². The minimum atomic E-state index is -3.31. The van der Waals surface area contributed by atoms with Gasteiger partial charge in [-0.15, -0.1) is 0 Å². The van der Waals surface area contributed by atoms with Crippen LogP contribution in [0.15, 0.2) is 4.99 Å². The molecule has 1 heterocycles. The predicted octanol–water partition coefficient (Wildman–Crippen LogP) is -0.649. The van der Waals surface area contributed by atoms with Crippen molar-refractivity contribution in [3.05, 3.63) is 0 Å². The van der Waals surface area contributed by atoms with E-state index in [0.717, 1.165) is 25.9 Å². The van der Waals surface area contributed by atoms with Crippen LogP contribution in [0.1, 0.15) is 19.3 Å². The molecule has 3 N–H and O–H groups in total. The molecule has 1 aliphatic rings. The van der Waals surface area contributed by atoms with Crippen LogP contribution in [0.25, 0.3) is 0 Å². The zero-order valence-corrected chi connectivity index (χ0v) is 12.4. The van der Waals surface area contributed by atoms with Crippen LogP contribution >= 0.6 is 0 Å². The molecule has 0 saturated carbocycles. The molecular weight excluding hydrogens is 268 g/mol. The first-order chi connectivity index (χ1) is 8.91. The molecule has 1 saturated heterocycles. The van der Waals surface area contributed by atoms with E-state index in [-0.39, 0.29) is 18.4 Å². The summed E-state index contributed by atoms with van der Waals surface area (Å²) in [6, 6.07) is 0. The molecule has 1 aliphatic heterocycles. The van der Waals surface area contributed by atoms with Crippen molar-refractivity contribution in [2.75, 3.05) is 39.5 Å². The number of hydrogen-bond donors (Lipinski definition) is 2. The van der Waals surface area contributed by atoms with Crippen molar-refractivity contribution in [3.8, 4) is 0 Å². The number of nitrogens with two attached hydrogens (primary N) is 1. The maximum Gasteiger partial charge on any atom is 0.213 e. The van der Waals surface area contributed by atoms with Gasteiger partial charge in [0.1, 0.15) is 0 Å². The van der Waals surface area contributed by atoms with Gasteiger partial charge in [0.2, 0.25) is 10.0 Å². The Kier molecular flexibility index (Phi) is 6.53. The molecule has 0 spiro atoms.